The Labute approximate surface area is 153 Å². The lowest BCUT2D eigenvalue weighted by Gasteiger charge is -2.10. The third-order valence-electron chi connectivity index (χ3n) is 3.87. The van der Waals surface area contributed by atoms with Crippen LogP contribution in [0.4, 0.5) is 17.5 Å². The van der Waals surface area contributed by atoms with Gasteiger partial charge >= 0.3 is 0 Å². The zero-order chi connectivity index (χ0) is 18.2. The van der Waals surface area contributed by atoms with Crippen molar-refractivity contribution in [1.29, 1.82) is 0 Å². The highest BCUT2D eigenvalue weighted by Gasteiger charge is 2.03. The zero-order valence-electron chi connectivity index (χ0n) is 14.9. The van der Waals surface area contributed by atoms with Crippen molar-refractivity contribution in [3.05, 3.63) is 66.4 Å². The van der Waals surface area contributed by atoms with Gasteiger partial charge in [-0.3, -0.25) is 0 Å². The molecule has 6 heteroatoms. The lowest BCUT2D eigenvalue weighted by atomic mass is 10.1. The Morgan fingerprint density at radius 1 is 0.962 bits per heavy atom. The van der Waals surface area contributed by atoms with Crippen LogP contribution in [0.3, 0.4) is 0 Å². The number of hydrogen-bond acceptors (Lipinski definition) is 6. The minimum Gasteiger partial charge on any atom is -0.497 e. The summed E-state index contributed by atoms with van der Waals surface area (Å²) >= 11 is 0. The second-order valence-corrected chi connectivity index (χ2v) is 5.61. The average molecular weight is 350 g/mol. The number of rotatable bonds is 8. The number of methoxy groups -OCH3 is 2. The molecular formula is C20H22N4O2. The Bertz CT molecular complexity index is 854. The fourth-order valence-corrected chi connectivity index (χ4v) is 2.58. The van der Waals surface area contributed by atoms with Crippen molar-refractivity contribution in [1.82, 2.24) is 9.97 Å². The van der Waals surface area contributed by atoms with Gasteiger partial charge in [-0.05, 0) is 36.2 Å². The molecule has 0 radical (unpaired) electrons. The summed E-state index contributed by atoms with van der Waals surface area (Å²) in [6, 6.07) is 17.5. The number of nitrogens with zero attached hydrogens (tertiary/aromatic N) is 2. The van der Waals surface area contributed by atoms with Crippen molar-refractivity contribution >= 4 is 17.5 Å². The van der Waals surface area contributed by atoms with E-state index in [-0.39, 0.29) is 0 Å². The Kier molecular flexibility index (Phi) is 5.88. The molecule has 0 unspecified atom stereocenters. The first-order chi connectivity index (χ1) is 12.8. The van der Waals surface area contributed by atoms with E-state index in [4.69, 9.17) is 9.47 Å². The second kappa shape index (κ2) is 8.71. The highest BCUT2D eigenvalue weighted by Crippen LogP contribution is 2.20. The summed E-state index contributed by atoms with van der Waals surface area (Å²) in [7, 11) is 3.33. The molecule has 1 heterocycles. The smallest absolute Gasteiger partial charge is 0.229 e. The minimum absolute atomic E-state index is 0.528. The summed E-state index contributed by atoms with van der Waals surface area (Å²) in [5.74, 6) is 2.97. The van der Waals surface area contributed by atoms with Crippen LogP contribution in [0.1, 0.15) is 5.56 Å². The van der Waals surface area contributed by atoms with Crippen LogP contribution in [0.15, 0.2) is 60.8 Å². The number of ether oxygens (including phenoxy) is 2. The van der Waals surface area contributed by atoms with Crippen LogP contribution >= 0.6 is 0 Å². The maximum atomic E-state index is 5.38. The van der Waals surface area contributed by atoms with Crippen LogP contribution in [0.5, 0.6) is 11.5 Å². The van der Waals surface area contributed by atoms with Gasteiger partial charge in [-0.25, -0.2) is 4.98 Å². The summed E-state index contributed by atoms with van der Waals surface area (Å²) in [5.41, 5.74) is 2.03. The molecule has 0 aliphatic heterocycles. The van der Waals surface area contributed by atoms with Crippen molar-refractivity contribution in [3.63, 3.8) is 0 Å². The van der Waals surface area contributed by atoms with Crippen LogP contribution in [-0.4, -0.2) is 30.7 Å². The molecule has 0 aliphatic rings. The molecular weight excluding hydrogens is 328 g/mol. The van der Waals surface area contributed by atoms with Gasteiger partial charge in [0.1, 0.15) is 17.3 Å². The summed E-state index contributed by atoms with van der Waals surface area (Å²) in [4.78, 5) is 8.75. The van der Waals surface area contributed by atoms with Crippen molar-refractivity contribution < 1.29 is 9.47 Å². The molecule has 3 rings (SSSR count). The molecule has 0 bridgehead atoms. The van der Waals surface area contributed by atoms with E-state index < -0.39 is 0 Å². The van der Waals surface area contributed by atoms with Gasteiger partial charge in [0.2, 0.25) is 5.95 Å². The predicted molar refractivity (Wildman–Crippen MR) is 103 cm³/mol. The molecule has 134 valence electrons. The first-order valence-electron chi connectivity index (χ1n) is 8.38. The van der Waals surface area contributed by atoms with Gasteiger partial charge in [-0.1, -0.05) is 24.3 Å². The lowest BCUT2D eigenvalue weighted by molar-refractivity contribution is 0.410. The predicted octanol–water partition coefficient (Wildman–Crippen LogP) is 3.89. The number of nitrogens with one attached hydrogen (secondary N) is 2. The summed E-state index contributed by atoms with van der Waals surface area (Å²) in [5, 5.41) is 6.50. The highest BCUT2D eigenvalue weighted by atomic mass is 16.5. The summed E-state index contributed by atoms with van der Waals surface area (Å²) < 4.78 is 10.6. The third-order valence-corrected chi connectivity index (χ3v) is 3.87. The van der Waals surface area contributed by atoms with Crippen LogP contribution in [-0.2, 0) is 6.42 Å². The van der Waals surface area contributed by atoms with E-state index in [1.807, 2.05) is 48.5 Å². The Morgan fingerprint density at radius 3 is 2.69 bits per heavy atom. The average Bonchev–Trinajstić information content (AvgIpc) is 2.69. The Balaban J connectivity index is 1.60. The van der Waals surface area contributed by atoms with Crippen LogP contribution in [0, 0.1) is 0 Å². The topological polar surface area (TPSA) is 68.3 Å². The quantitative estimate of drug-likeness (QED) is 0.642. The fourth-order valence-electron chi connectivity index (χ4n) is 2.58. The minimum atomic E-state index is 0.528. The molecule has 2 aromatic carbocycles. The van der Waals surface area contributed by atoms with E-state index >= 15 is 0 Å². The van der Waals surface area contributed by atoms with E-state index in [1.54, 1.807) is 20.4 Å². The van der Waals surface area contributed by atoms with Crippen molar-refractivity contribution in [2.24, 2.45) is 0 Å². The van der Waals surface area contributed by atoms with Gasteiger partial charge < -0.3 is 20.1 Å². The fraction of sp³-hybridized carbons (Fsp3) is 0.200. The van der Waals surface area contributed by atoms with Gasteiger partial charge in [0.05, 0.1) is 14.2 Å². The van der Waals surface area contributed by atoms with Gasteiger partial charge in [0.25, 0.3) is 0 Å². The maximum Gasteiger partial charge on any atom is 0.229 e. The Morgan fingerprint density at radius 2 is 1.85 bits per heavy atom. The highest BCUT2D eigenvalue weighted by molar-refractivity contribution is 5.57. The van der Waals surface area contributed by atoms with E-state index in [1.165, 1.54) is 0 Å². The molecule has 6 nitrogen and oxygen atoms in total. The molecule has 0 fully saturated rings. The van der Waals surface area contributed by atoms with Gasteiger partial charge in [-0.2, -0.15) is 4.98 Å². The van der Waals surface area contributed by atoms with Crippen LogP contribution < -0.4 is 20.1 Å². The molecule has 0 saturated carbocycles. The number of benzene rings is 2. The van der Waals surface area contributed by atoms with E-state index in [0.717, 1.165) is 41.5 Å². The molecule has 26 heavy (non-hydrogen) atoms. The number of aromatic nitrogens is 2. The third kappa shape index (κ3) is 4.63. The first kappa shape index (κ1) is 17.5. The number of anilines is 3. The van der Waals surface area contributed by atoms with Gasteiger partial charge in [0, 0.05) is 24.5 Å². The molecule has 0 atom stereocenters. The lowest BCUT2D eigenvalue weighted by Crippen LogP contribution is -2.08. The number of hydrogen-bond donors (Lipinski definition) is 2. The molecule has 0 amide bonds. The van der Waals surface area contributed by atoms with E-state index in [9.17, 15) is 0 Å². The first-order valence-corrected chi connectivity index (χ1v) is 8.38. The van der Waals surface area contributed by atoms with E-state index in [2.05, 4.69) is 26.7 Å². The Hall–Kier alpha value is -3.28. The normalized spacial score (nSPS) is 10.2. The maximum absolute atomic E-state index is 5.38. The zero-order valence-corrected chi connectivity index (χ0v) is 14.9. The van der Waals surface area contributed by atoms with Crippen LogP contribution in [0.25, 0.3) is 0 Å². The van der Waals surface area contributed by atoms with Crippen molar-refractivity contribution in [3.8, 4) is 11.5 Å². The number of para-hydroxylation sites is 1. The summed E-state index contributed by atoms with van der Waals surface area (Å²) in [6.45, 7) is 0.746. The van der Waals surface area contributed by atoms with Crippen molar-refractivity contribution in [2.45, 2.75) is 6.42 Å². The molecule has 0 saturated heterocycles. The van der Waals surface area contributed by atoms with Gasteiger partial charge in [0.15, 0.2) is 0 Å². The molecule has 0 spiro atoms. The molecule has 1 aromatic heterocycles. The standard InChI is InChI=1S/C20H22N4O2/c1-25-17-8-5-7-16(14-17)23-20-22-13-11-19(24-20)21-12-10-15-6-3-4-9-18(15)26-2/h3-9,11,13-14H,10,12H2,1-2H3,(H2,21,22,23,24). The van der Waals surface area contributed by atoms with Crippen LogP contribution in [0.2, 0.25) is 0 Å². The largest absolute Gasteiger partial charge is 0.497 e. The van der Waals surface area contributed by atoms with Crippen molar-refractivity contribution in [2.75, 3.05) is 31.4 Å². The molecule has 0 aliphatic carbocycles. The monoisotopic (exact) mass is 350 g/mol. The summed E-state index contributed by atoms with van der Waals surface area (Å²) in [6.07, 6.45) is 2.56. The molecule has 2 N–H and O–H groups in total. The second-order valence-electron chi connectivity index (χ2n) is 5.61. The molecule has 3 aromatic rings. The van der Waals surface area contributed by atoms with Gasteiger partial charge in [-0.15, -0.1) is 0 Å². The SMILES string of the molecule is COc1cccc(Nc2nccc(NCCc3ccccc3OC)n2)c1. The van der Waals surface area contributed by atoms with E-state index in [0.29, 0.717) is 5.95 Å².